The minimum Gasteiger partial charge on any atom is -0.348 e. The highest BCUT2D eigenvalue weighted by molar-refractivity contribution is 7.22. The van der Waals surface area contributed by atoms with E-state index in [-0.39, 0.29) is 17.5 Å². The first-order valence-corrected chi connectivity index (χ1v) is 9.10. The van der Waals surface area contributed by atoms with E-state index in [0.717, 1.165) is 18.9 Å². The van der Waals surface area contributed by atoms with Gasteiger partial charge in [0.05, 0.1) is 17.2 Å². The van der Waals surface area contributed by atoms with Crippen LogP contribution < -0.4 is 10.2 Å². The lowest BCUT2D eigenvalue weighted by atomic mass is 10.1. The first kappa shape index (κ1) is 16.9. The Morgan fingerprint density at radius 1 is 1.31 bits per heavy atom. The number of carbonyl (C=O) groups is 1. The molecule has 3 heterocycles. The highest BCUT2D eigenvalue weighted by Crippen LogP contribution is 2.32. The number of carbonyl (C=O) groups excluding carboxylic acids is 1. The molecule has 6 nitrogen and oxygen atoms in total. The van der Waals surface area contributed by atoms with Gasteiger partial charge in [-0.25, -0.2) is 18.7 Å². The zero-order valence-corrected chi connectivity index (χ0v) is 14.9. The molecule has 1 saturated heterocycles. The van der Waals surface area contributed by atoms with Gasteiger partial charge in [-0.3, -0.25) is 4.79 Å². The maximum absolute atomic E-state index is 13.8. The number of aromatic nitrogens is 3. The Kier molecular flexibility index (Phi) is 4.31. The number of nitrogens with one attached hydrogen (secondary N) is 1. The fourth-order valence-corrected chi connectivity index (χ4v) is 4.19. The molecule has 0 unspecified atom stereocenters. The zero-order chi connectivity index (χ0) is 18.3. The molecular weight excluding hydrogens is 360 g/mol. The van der Waals surface area contributed by atoms with Crippen molar-refractivity contribution in [2.24, 2.45) is 7.05 Å². The number of imidazole rings is 1. The normalized spacial score (nSPS) is 15.6. The predicted octanol–water partition coefficient (Wildman–Crippen LogP) is 2.71. The van der Waals surface area contributed by atoms with Crippen LogP contribution in [-0.4, -0.2) is 39.6 Å². The number of fused-ring (bicyclic) bond motifs is 1. The summed E-state index contributed by atoms with van der Waals surface area (Å²) in [5.74, 6) is -1.37. The van der Waals surface area contributed by atoms with Crippen LogP contribution in [0.3, 0.4) is 0 Å². The number of hydrogen-bond acceptors (Lipinski definition) is 5. The van der Waals surface area contributed by atoms with Crippen molar-refractivity contribution in [1.29, 1.82) is 0 Å². The van der Waals surface area contributed by atoms with Crippen LogP contribution >= 0.6 is 11.3 Å². The van der Waals surface area contributed by atoms with Gasteiger partial charge in [-0.1, -0.05) is 11.3 Å². The van der Waals surface area contributed by atoms with E-state index in [9.17, 15) is 13.6 Å². The quantitative estimate of drug-likeness (QED) is 0.762. The van der Waals surface area contributed by atoms with Crippen LogP contribution in [0.4, 0.5) is 13.9 Å². The Hall–Kier alpha value is -2.55. The van der Waals surface area contributed by atoms with Crippen LogP contribution in [0.2, 0.25) is 0 Å². The molecule has 0 saturated carbocycles. The average Bonchev–Trinajstić information content (AvgIpc) is 3.22. The highest BCUT2D eigenvalue weighted by Gasteiger charge is 2.24. The number of amides is 1. The molecule has 0 bridgehead atoms. The molecule has 136 valence electrons. The number of thiazole rings is 1. The van der Waals surface area contributed by atoms with Gasteiger partial charge in [0.25, 0.3) is 5.91 Å². The number of halogens is 2. The first-order valence-electron chi connectivity index (χ1n) is 8.29. The Labute approximate surface area is 152 Å². The Bertz CT molecular complexity index is 961. The molecule has 0 radical (unpaired) electrons. The summed E-state index contributed by atoms with van der Waals surface area (Å²) in [5.41, 5.74) is 0.731. The molecule has 1 amide bonds. The Morgan fingerprint density at radius 2 is 2.08 bits per heavy atom. The number of benzene rings is 1. The molecule has 1 aliphatic heterocycles. The molecule has 4 rings (SSSR count). The molecule has 1 aliphatic rings. The van der Waals surface area contributed by atoms with Gasteiger partial charge < -0.3 is 14.8 Å². The third-order valence-corrected chi connectivity index (χ3v) is 5.62. The lowest BCUT2D eigenvalue weighted by Gasteiger charge is -2.32. The van der Waals surface area contributed by atoms with E-state index >= 15 is 0 Å². The second kappa shape index (κ2) is 6.64. The third kappa shape index (κ3) is 3.14. The van der Waals surface area contributed by atoms with Gasteiger partial charge in [0.15, 0.2) is 10.9 Å². The Morgan fingerprint density at radius 3 is 2.77 bits per heavy atom. The summed E-state index contributed by atoms with van der Waals surface area (Å²) in [5, 5.41) is 3.71. The topological polar surface area (TPSA) is 63.1 Å². The summed E-state index contributed by atoms with van der Waals surface area (Å²) in [4.78, 5) is 22.6. The standard InChI is InChI=1S/C17H17F2N5OS/c1-23-9-20-8-13(23)16(25)21-11-2-4-24(5-3-11)17-22-15-12(19)6-10(18)7-14(15)26-17/h6-9,11H,2-5H2,1H3,(H,21,25). The lowest BCUT2D eigenvalue weighted by Crippen LogP contribution is -2.45. The number of anilines is 1. The van der Waals surface area contributed by atoms with E-state index < -0.39 is 11.6 Å². The van der Waals surface area contributed by atoms with Crippen molar-refractivity contribution in [3.8, 4) is 0 Å². The third-order valence-electron chi connectivity index (χ3n) is 4.55. The predicted molar refractivity (Wildman–Crippen MR) is 95.4 cm³/mol. The fourth-order valence-electron chi connectivity index (χ4n) is 3.13. The number of nitrogens with zero attached hydrogens (tertiary/aromatic N) is 4. The molecule has 2 aromatic heterocycles. The van der Waals surface area contributed by atoms with Gasteiger partial charge >= 0.3 is 0 Å². The maximum Gasteiger partial charge on any atom is 0.269 e. The van der Waals surface area contributed by atoms with Crippen molar-refractivity contribution in [2.75, 3.05) is 18.0 Å². The maximum atomic E-state index is 13.8. The van der Waals surface area contributed by atoms with Crippen molar-refractivity contribution in [1.82, 2.24) is 19.9 Å². The molecule has 0 spiro atoms. The van der Waals surface area contributed by atoms with Crippen molar-refractivity contribution in [3.05, 3.63) is 42.0 Å². The lowest BCUT2D eigenvalue weighted by molar-refractivity contribution is 0.0923. The first-order chi connectivity index (χ1) is 12.5. The van der Waals surface area contributed by atoms with Crippen molar-refractivity contribution in [3.63, 3.8) is 0 Å². The minimum absolute atomic E-state index is 0.0669. The van der Waals surface area contributed by atoms with E-state index in [1.807, 2.05) is 0 Å². The fraction of sp³-hybridized carbons (Fsp3) is 0.353. The molecule has 9 heteroatoms. The second-order valence-electron chi connectivity index (χ2n) is 6.36. The van der Waals surface area contributed by atoms with E-state index in [2.05, 4.69) is 20.2 Å². The van der Waals surface area contributed by atoms with Gasteiger partial charge in [-0.15, -0.1) is 0 Å². The van der Waals surface area contributed by atoms with E-state index in [1.165, 1.54) is 17.4 Å². The van der Waals surface area contributed by atoms with Crippen LogP contribution in [0.15, 0.2) is 24.7 Å². The van der Waals surface area contributed by atoms with Gasteiger partial charge in [0.1, 0.15) is 17.0 Å². The highest BCUT2D eigenvalue weighted by atomic mass is 32.1. The number of hydrogen-bond donors (Lipinski definition) is 1. The van der Waals surface area contributed by atoms with Crippen LogP contribution in [0, 0.1) is 11.6 Å². The molecule has 3 aromatic rings. The molecule has 1 aromatic carbocycles. The van der Waals surface area contributed by atoms with Gasteiger partial charge in [-0.05, 0) is 18.9 Å². The molecular formula is C17H17F2N5OS. The average molecular weight is 377 g/mol. The van der Waals surface area contributed by atoms with Crippen LogP contribution in [0.5, 0.6) is 0 Å². The van der Waals surface area contributed by atoms with Gasteiger partial charge in [0, 0.05) is 32.2 Å². The SMILES string of the molecule is Cn1cncc1C(=O)NC1CCN(c2nc3c(F)cc(F)cc3s2)CC1. The Balaban J connectivity index is 1.41. The molecule has 0 atom stereocenters. The van der Waals surface area contributed by atoms with E-state index in [0.29, 0.717) is 28.6 Å². The van der Waals surface area contributed by atoms with Crippen molar-refractivity contribution in [2.45, 2.75) is 18.9 Å². The van der Waals surface area contributed by atoms with Crippen molar-refractivity contribution >= 4 is 32.6 Å². The number of rotatable bonds is 3. The van der Waals surface area contributed by atoms with Crippen LogP contribution in [0.1, 0.15) is 23.3 Å². The van der Waals surface area contributed by atoms with Gasteiger partial charge in [-0.2, -0.15) is 0 Å². The van der Waals surface area contributed by atoms with E-state index in [1.54, 1.807) is 24.1 Å². The monoisotopic (exact) mass is 377 g/mol. The molecule has 1 fully saturated rings. The summed E-state index contributed by atoms with van der Waals surface area (Å²) in [6.45, 7) is 1.39. The molecule has 1 N–H and O–H groups in total. The second-order valence-corrected chi connectivity index (χ2v) is 7.36. The summed E-state index contributed by atoms with van der Waals surface area (Å²) >= 11 is 1.28. The molecule has 26 heavy (non-hydrogen) atoms. The number of piperidine rings is 1. The zero-order valence-electron chi connectivity index (χ0n) is 14.1. The summed E-state index contributed by atoms with van der Waals surface area (Å²) < 4.78 is 29.4. The smallest absolute Gasteiger partial charge is 0.269 e. The van der Waals surface area contributed by atoms with Crippen molar-refractivity contribution < 1.29 is 13.6 Å². The summed E-state index contributed by atoms with van der Waals surface area (Å²) in [6.07, 6.45) is 4.65. The van der Waals surface area contributed by atoms with Gasteiger partial charge in [0.2, 0.25) is 0 Å². The summed E-state index contributed by atoms with van der Waals surface area (Å²) in [7, 11) is 1.78. The van der Waals surface area contributed by atoms with Crippen LogP contribution in [0.25, 0.3) is 10.2 Å². The van der Waals surface area contributed by atoms with E-state index in [4.69, 9.17) is 0 Å². The largest absolute Gasteiger partial charge is 0.348 e. The van der Waals surface area contributed by atoms with Crippen LogP contribution in [-0.2, 0) is 7.05 Å². The minimum atomic E-state index is -0.638. The summed E-state index contributed by atoms with van der Waals surface area (Å²) in [6, 6.07) is 2.23. The number of aryl methyl sites for hydroxylation is 1. The molecule has 0 aliphatic carbocycles.